The SMILES string of the molecule is CSC1=NCCS(=O)(=O)N1. The average Bonchev–Trinajstić information content (AvgIpc) is 1.86. The molecule has 0 spiro atoms. The van der Waals surface area contributed by atoms with E-state index in [1.54, 1.807) is 6.26 Å². The van der Waals surface area contributed by atoms with Gasteiger partial charge in [0.2, 0.25) is 10.0 Å². The van der Waals surface area contributed by atoms with Crippen LogP contribution in [0, 0.1) is 0 Å². The zero-order valence-electron chi connectivity index (χ0n) is 5.49. The second-order valence-corrected chi connectivity index (χ2v) is 4.45. The van der Waals surface area contributed by atoms with Crippen LogP contribution in [0.25, 0.3) is 0 Å². The minimum absolute atomic E-state index is 0.108. The monoisotopic (exact) mass is 180 g/mol. The van der Waals surface area contributed by atoms with E-state index in [9.17, 15) is 8.42 Å². The van der Waals surface area contributed by atoms with E-state index in [2.05, 4.69) is 9.71 Å². The second kappa shape index (κ2) is 2.79. The lowest BCUT2D eigenvalue weighted by Gasteiger charge is -2.12. The first-order chi connectivity index (χ1) is 4.64. The van der Waals surface area contributed by atoms with E-state index in [4.69, 9.17) is 0 Å². The summed E-state index contributed by atoms with van der Waals surface area (Å²) in [7, 11) is -3.05. The van der Waals surface area contributed by atoms with Crippen molar-refractivity contribution in [2.75, 3.05) is 18.6 Å². The Balaban J connectivity index is 2.76. The summed E-state index contributed by atoms with van der Waals surface area (Å²) in [5, 5.41) is 0.492. The van der Waals surface area contributed by atoms with Crippen LogP contribution in [0.15, 0.2) is 4.99 Å². The van der Waals surface area contributed by atoms with Gasteiger partial charge < -0.3 is 0 Å². The summed E-state index contributed by atoms with van der Waals surface area (Å²) in [5.74, 6) is 0.108. The van der Waals surface area contributed by atoms with Gasteiger partial charge in [-0.25, -0.2) is 8.42 Å². The molecule has 58 valence electrons. The highest BCUT2D eigenvalue weighted by Gasteiger charge is 2.16. The Bertz CT molecular complexity index is 244. The number of hydrogen-bond donors (Lipinski definition) is 1. The summed E-state index contributed by atoms with van der Waals surface area (Å²) in [6, 6.07) is 0. The topological polar surface area (TPSA) is 58.5 Å². The molecule has 0 atom stereocenters. The number of nitrogens with zero attached hydrogens (tertiary/aromatic N) is 1. The molecule has 10 heavy (non-hydrogen) atoms. The molecule has 0 radical (unpaired) electrons. The maximum Gasteiger partial charge on any atom is 0.236 e. The first kappa shape index (κ1) is 7.87. The smallest absolute Gasteiger partial charge is 0.236 e. The molecule has 6 heteroatoms. The van der Waals surface area contributed by atoms with Crippen molar-refractivity contribution >= 4 is 27.0 Å². The van der Waals surface area contributed by atoms with Crippen LogP contribution in [-0.2, 0) is 10.0 Å². The molecular weight excluding hydrogens is 172 g/mol. The Morgan fingerprint density at radius 2 is 2.40 bits per heavy atom. The van der Waals surface area contributed by atoms with Crippen LogP contribution in [0.2, 0.25) is 0 Å². The molecular formula is C4H8N2O2S2. The molecule has 0 unspecified atom stereocenters. The predicted molar refractivity (Wildman–Crippen MR) is 42.7 cm³/mol. The van der Waals surface area contributed by atoms with E-state index >= 15 is 0 Å². The van der Waals surface area contributed by atoms with Crippen LogP contribution in [0.1, 0.15) is 0 Å². The van der Waals surface area contributed by atoms with Crippen molar-refractivity contribution < 1.29 is 8.42 Å². The number of amidine groups is 1. The summed E-state index contributed by atoms with van der Waals surface area (Å²) in [6.07, 6.45) is 1.78. The Hall–Kier alpha value is -0.230. The molecule has 0 aromatic rings. The maximum absolute atomic E-state index is 10.8. The molecule has 4 nitrogen and oxygen atoms in total. The normalized spacial score (nSPS) is 23.1. The van der Waals surface area contributed by atoms with Gasteiger partial charge in [-0.15, -0.1) is 0 Å². The van der Waals surface area contributed by atoms with Crippen molar-refractivity contribution in [1.29, 1.82) is 0 Å². The fourth-order valence-corrected chi connectivity index (χ4v) is 2.29. The Kier molecular flexibility index (Phi) is 2.20. The van der Waals surface area contributed by atoms with Gasteiger partial charge in [0.05, 0.1) is 12.3 Å². The minimum atomic E-state index is -3.05. The quantitative estimate of drug-likeness (QED) is 0.554. The summed E-state index contributed by atoms with van der Waals surface area (Å²) in [5.41, 5.74) is 0. The number of aliphatic imine (C=N–C) groups is 1. The first-order valence-electron chi connectivity index (χ1n) is 2.73. The first-order valence-corrected chi connectivity index (χ1v) is 5.61. The summed E-state index contributed by atoms with van der Waals surface area (Å²) in [6.45, 7) is 0.380. The number of sulfonamides is 1. The number of rotatable bonds is 0. The van der Waals surface area contributed by atoms with Crippen LogP contribution in [0.5, 0.6) is 0 Å². The van der Waals surface area contributed by atoms with Crippen LogP contribution in [0.4, 0.5) is 0 Å². The molecule has 1 aliphatic heterocycles. The van der Waals surface area contributed by atoms with Crippen LogP contribution < -0.4 is 4.72 Å². The largest absolute Gasteiger partial charge is 0.262 e. The Morgan fingerprint density at radius 1 is 1.70 bits per heavy atom. The third-order valence-electron chi connectivity index (χ3n) is 1.05. The summed E-state index contributed by atoms with van der Waals surface area (Å²) in [4.78, 5) is 3.93. The van der Waals surface area contributed by atoms with Crippen molar-refractivity contribution in [3.05, 3.63) is 0 Å². The van der Waals surface area contributed by atoms with Gasteiger partial charge in [0.15, 0.2) is 5.17 Å². The van der Waals surface area contributed by atoms with Crippen LogP contribution in [0.3, 0.4) is 0 Å². The number of nitrogens with one attached hydrogen (secondary N) is 1. The van der Waals surface area contributed by atoms with E-state index in [1.165, 1.54) is 11.8 Å². The molecule has 0 saturated carbocycles. The second-order valence-electron chi connectivity index (χ2n) is 1.81. The molecule has 1 rings (SSSR count). The summed E-state index contributed by atoms with van der Waals surface area (Å²) >= 11 is 1.31. The van der Waals surface area contributed by atoms with E-state index < -0.39 is 10.0 Å². The minimum Gasteiger partial charge on any atom is -0.262 e. The third-order valence-corrected chi connectivity index (χ3v) is 3.02. The highest BCUT2D eigenvalue weighted by molar-refractivity contribution is 8.14. The lowest BCUT2D eigenvalue weighted by atomic mass is 10.8. The fraction of sp³-hybridized carbons (Fsp3) is 0.750. The Labute approximate surface area is 64.2 Å². The molecule has 1 aliphatic rings. The zero-order chi connectivity index (χ0) is 7.61. The van der Waals surface area contributed by atoms with Gasteiger partial charge in [0, 0.05) is 0 Å². The van der Waals surface area contributed by atoms with Gasteiger partial charge >= 0.3 is 0 Å². The molecule has 0 aliphatic carbocycles. The predicted octanol–water partition coefficient (Wildman–Crippen LogP) is -0.362. The van der Waals surface area contributed by atoms with Crippen molar-refractivity contribution in [1.82, 2.24) is 4.72 Å². The average molecular weight is 180 g/mol. The highest BCUT2D eigenvalue weighted by atomic mass is 32.2. The molecule has 1 heterocycles. The fourth-order valence-electron chi connectivity index (χ4n) is 0.590. The van der Waals surface area contributed by atoms with Gasteiger partial charge in [-0.1, -0.05) is 11.8 Å². The van der Waals surface area contributed by atoms with Gasteiger partial charge in [-0.3, -0.25) is 9.71 Å². The van der Waals surface area contributed by atoms with Gasteiger partial charge in [0.1, 0.15) is 0 Å². The van der Waals surface area contributed by atoms with Crippen molar-refractivity contribution in [2.45, 2.75) is 0 Å². The molecule has 0 saturated heterocycles. The standard InChI is InChI=1S/C4H8N2O2S2/c1-9-4-5-2-3-10(7,8)6-4/h2-3H2,1H3,(H,5,6). The van der Waals surface area contributed by atoms with Crippen molar-refractivity contribution in [3.8, 4) is 0 Å². The van der Waals surface area contributed by atoms with Gasteiger partial charge in [0.25, 0.3) is 0 Å². The van der Waals surface area contributed by atoms with Crippen LogP contribution >= 0.6 is 11.8 Å². The van der Waals surface area contributed by atoms with Crippen LogP contribution in [-0.4, -0.2) is 32.1 Å². The summed E-state index contributed by atoms with van der Waals surface area (Å²) < 4.78 is 24.0. The maximum atomic E-state index is 10.8. The van der Waals surface area contributed by atoms with Gasteiger partial charge in [-0.2, -0.15) is 0 Å². The van der Waals surface area contributed by atoms with Gasteiger partial charge in [-0.05, 0) is 6.26 Å². The van der Waals surface area contributed by atoms with E-state index in [0.29, 0.717) is 11.7 Å². The number of thioether (sulfide) groups is 1. The highest BCUT2D eigenvalue weighted by Crippen LogP contribution is 2.02. The van der Waals surface area contributed by atoms with E-state index in [-0.39, 0.29) is 5.75 Å². The molecule has 0 amide bonds. The lowest BCUT2D eigenvalue weighted by Crippen LogP contribution is -2.35. The molecule has 1 N–H and O–H groups in total. The molecule has 0 aromatic heterocycles. The van der Waals surface area contributed by atoms with Crippen molar-refractivity contribution in [2.24, 2.45) is 4.99 Å². The lowest BCUT2D eigenvalue weighted by molar-refractivity contribution is 0.591. The number of hydrogen-bond acceptors (Lipinski definition) is 4. The molecule has 0 aromatic carbocycles. The molecule has 0 fully saturated rings. The Morgan fingerprint density at radius 3 is 2.80 bits per heavy atom. The zero-order valence-corrected chi connectivity index (χ0v) is 7.13. The third kappa shape index (κ3) is 1.88. The molecule has 0 bridgehead atoms. The van der Waals surface area contributed by atoms with Crippen molar-refractivity contribution in [3.63, 3.8) is 0 Å². The van der Waals surface area contributed by atoms with E-state index in [0.717, 1.165) is 0 Å². The van der Waals surface area contributed by atoms with E-state index in [1.807, 2.05) is 0 Å².